The molecule has 2 amide bonds. The Bertz CT molecular complexity index is 1360. The molecule has 0 spiro atoms. The summed E-state index contributed by atoms with van der Waals surface area (Å²) >= 11 is 0. The number of para-hydroxylation sites is 1. The molecule has 2 aromatic heterocycles. The van der Waals surface area contributed by atoms with Crippen LogP contribution in [-0.4, -0.2) is 46.3 Å². The predicted molar refractivity (Wildman–Crippen MR) is 121 cm³/mol. The maximum Gasteiger partial charge on any atom is 0.339 e. The Morgan fingerprint density at radius 2 is 1.79 bits per heavy atom. The number of methoxy groups -OCH3 is 2. The number of benzene rings is 2. The van der Waals surface area contributed by atoms with E-state index in [9.17, 15) is 14.7 Å². The Morgan fingerprint density at radius 3 is 2.58 bits per heavy atom. The molecule has 0 aliphatic carbocycles. The summed E-state index contributed by atoms with van der Waals surface area (Å²) in [5.74, 6) is -0.0598. The van der Waals surface area contributed by atoms with Crippen LogP contribution in [0.5, 0.6) is 11.5 Å². The topological polar surface area (TPSA) is 136 Å². The molecule has 0 saturated carbocycles. The number of urea groups is 1. The number of esters is 1. The number of hydrogen-bond acceptors (Lipinski definition) is 8. The van der Waals surface area contributed by atoms with E-state index in [0.717, 1.165) is 0 Å². The second-order valence-electron chi connectivity index (χ2n) is 6.80. The Kier molecular flexibility index (Phi) is 5.98. The number of fused-ring (bicyclic) bond motifs is 1. The molecule has 10 heteroatoms. The summed E-state index contributed by atoms with van der Waals surface area (Å²) in [5, 5.41) is 15.0. The number of phenolic OH excluding ortho intramolecular Hbond substituents is 1. The van der Waals surface area contributed by atoms with Gasteiger partial charge in [-0.05, 0) is 42.5 Å². The maximum absolute atomic E-state index is 12.5. The van der Waals surface area contributed by atoms with Crippen molar-refractivity contribution in [3.05, 3.63) is 66.4 Å². The highest BCUT2D eigenvalue weighted by Gasteiger charge is 2.14. The van der Waals surface area contributed by atoms with Gasteiger partial charge in [-0.2, -0.15) is 0 Å². The molecule has 166 valence electrons. The zero-order valence-corrected chi connectivity index (χ0v) is 17.7. The molecule has 0 aliphatic rings. The van der Waals surface area contributed by atoms with E-state index >= 15 is 0 Å². The van der Waals surface area contributed by atoms with Crippen molar-refractivity contribution in [3.63, 3.8) is 0 Å². The molecule has 0 unspecified atom stereocenters. The van der Waals surface area contributed by atoms with E-state index < -0.39 is 12.0 Å². The van der Waals surface area contributed by atoms with Crippen molar-refractivity contribution in [2.45, 2.75) is 0 Å². The normalized spacial score (nSPS) is 10.5. The van der Waals surface area contributed by atoms with E-state index in [-0.39, 0.29) is 22.8 Å². The first-order chi connectivity index (χ1) is 16.0. The van der Waals surface area contributed by atoms with Crippen LogP contribution in [0.4, 0.5) is 16.3 Å². The smallest absolute Gasteiger partial charge is 0.339 e. The van der Waals surface area contributed by atoms with Crippen LogP contribution in [0.3, 0.4) is 0 Å². The van der Waals surface area contributed by atoms with Crippen molar-refractivity contribution in [3.8, 4) is 22.8 Å². The van der Waals surface area contributed by atoms with Crippen molar-refractivity contribution in [2.24, 2.45) is 0 Å². The molecule has 0 fully saturated rings. The third-order valence-electron chi connectivity index (χ3n) is 4.70. The molecule has 4 aromatic rings. The molecule has 0 bridgehead atoms. The molecular weight excluding hydrogens is 426 g/mol. The summed E-state index contributed by atoms with van der Waals surface area (Å²) in [4.78, 5) is 37.5. The molecule has 3 N–H and O–H groups in total. The number of carbonyl (C=O) groups excluding carboxylic acids is 2. The SMILES string of the molecule is COC(=O)c1ccccc1NC(=O)Nc1cnc2ccc(-c3ccc(O)c(OC)c3)nc2n1. The zero-order chi connectivity index (χ0) is 23.4. The van der Waals surface area contributed by atoms with E-state index in [1.807, 2.05) is 0 Å². The number of anilines is 2. The Labute approximate surface area is 188 Å². The fourth-order valence-corrected chi connectivity index (χ4v) is 3.11. The van der Waals surface area contributed by atoms with Crippen molar-refractivity contribution < 1.29 is 24.2 Å². The van der Waals surface area contributed by atoms with Crippen molar-refractivity contribution in [2.75, 3.05) is 24.9 Å². The second kappa shape index (κ2) is 9.18. The third-order valence-corrected chi connectivity index (χ3v) is 4.70. The summed E-state index contributed by atoms with van der Waals surface area (Å²) in [6.07, 6.45) is 1.40. The Morgan fingerprint density at radius 1 is 0.970 bits per heavy atom. The lowest BCUT2D eigenvalue weighted by Gasteiger charge is -2.11. The maximum atomic E-state index is 12.5. The van der Waals surface area contributed by atoms with Gasteiger partial charge in [0, 0.05) is 5.56 Å². The largest absolute Gasteiger partial charge is 0.504 e. The fourth-order valence-electron chi connectivity index (χ4n) is 3.11. The Balaban J connectivity index is 1.57. The van der Waals surface area contributed by atoms with E-state index in [1.165, 1.54) is 26.5 Å². The number of ether oxygens (including phenoxy) is 2. The van der Waals surface area contributed by atoms with E-state index in [1.54, 1.807) is 48.5 Å². The van der Waals surface area contributed by atoms with Gasteiger partial charge in [0.25, 0.3) is 0 Å². The van der Waals surface area contributed by atoms with Crippen LogP contribution >= 0.6 is 0 Å². The number of nitrogens with one attached hydrogen (secondary N) is 2. The second-order valence-corrected chi connectivity index (χ2v) is 6.80. The molecule has 2 aromatic carbocycles. The zero-order valence-electron chi connectivity index (χ0n) is 17.7. The van der Waals surface area contributed by atoms with Gasteiger partial charge in [0.05, 0.1) is 37.4 Å². The molecule has 2 heterocycles. The minimum absolute atomic E-state index is 0.0214. The standard InChI is InChI=1S/C23H19N5O5/c1-32-19-11-13(7-10-18(19)29)15-8-9-17-21(25-15)27-20(12-24-17)28-23(31)26-16-6-4-3-5-14(16)22(30)33-2/h3-12,29H,1-2H3,(H2,25,26,27,28,31). The minimum atomic E-state index is -0.612. The summed E-state index contributed by atoms with van der Waals surface area (Å²) in [7, 11) is 2.73. The van der Waals surface area contributed by atoms with Gasteiger partial charge in [0.15, 0.2) is 23.0 Å². The fraction of sp³-hybridized carbons (Fsp3) is 0.0870. The van der Waals surface area contributed by atoms with Crippen LogP contribution in [0.15, 0.2) is 60.8 Å². The van der Waals surface area contributed by atoms with Gasteiger partial charge in [-0.15, -0.1) is 0 Å². The first kappa shape index (κ1) is 21.5. The Hall–Kier alpha value is -4.73. The molecule has 10 nitrogen and oxygen atoms in total. The van der Waals surface area contributed by atoms with Crippen LogP contribution < -0.4 is 15.4 Å². The first-order valence-corrected chi connectivity index (χ1v) is 9.75. The molecule has 0 radical (unpaired) electrons. The molecular formula is C23H19N5O5. The van der Waals surface area contributed by atoms with Gasteiger partial charge < -0.3 is 19.9 Å². The number of hydrogen-bond donors (Lipinski definition) is 3. The lowest BCUT2D eigenvalue weighted by atomic mass is 10.1. The number of carbonyl (C=O) groups is 2. The van der Waals surface area contributed by atoms with Gasteiger partial charge >= 0.3 is 12.0 Å². The molecule has 0 atom stereocenters. The van der Waals surface area contributed by atoms with Crippen molar-refractivity contribution in [1.29, 1.82) is 0 Å². The molecule has 33 heavy (non-hydrogen) atoms. The highest BCUT2D eigenvalue weighted by molar-refractivity contribution is 6.04. The molecule has 4 rings (SSSR count). The van der Waals surface area contributed by atoms with Gasteiger partial charge in [0.2, 0.25) is 0 Å². The van der Waals surface area contributed by atoms with Crippen LogP contribution in [0, 0.1) is 0 Å². The predicted octanol–water partition coefficient (Wildman–Crippen LogP) is 3.84. The molecule has 0 saturated heterocycles. The molecule has 0 aliphatic heterocycles. The quantitative estimate of drug-likeness (QED) is 0.394. The highest BCUT2D eigenvalue weighted by Crippen LogP contribution is 2.31. The lowest BCUT2D eigenvalue weighted by Crippen LogP contribution is -2.22. The van der Waals surface area contributed by atoms with E-state index in [4.69, 9.17) is 9.47 Å². The summed E-state index contributed by atoms with van der Waals surface area (Å²) in [6, 6.07) is 14.3. The van der Waals surface area contributed by atoms with Crippen LogP contribution in [0.1, 0.15) is 10.4 Å². The van der Waals surface area contributed by atoms with Crippen LogP contribution in [-0.2, 0) is 4.74 Å². The van der Waals surface area contributed by atoms with Gasteiger partial charge in [0.1, 0.15) is 5.52 Å². The van der Waals surface area contributed by atoms with E-state index in [2.05, 4.69) is 25.6 Å². The third kappa shape index (κ3) is 4.64. The number of phenols is 1. The van der Waals surface area contributed by atoms with Crippen molar-refractivity contribution in [1.82, 2.24) is 15.0 Å². The first-order valence-electron chi connectivity index (χ1n) is 9.75. The minimum Gasteiger partial charge on any atom is -0.504 e. The number of nitrogens with zero attached hydrogens (tertiary/aromatic N) is 3. The van der Waals surface area contributed by atoms with Gasteiger partial charge in [-0.3, -0.25) is 5.32 Å². The summed E-state index contributed by atoms with van der Waals surface area (Å²) in [6.45, 7) is 0. The average Bonchev–Trinajstić information content (AvgIpc) is 2.83. The highest BCUT2D eigenvalue weighted by atomic mass is 16.5. The lowest BCUT2D eigenvalue weighted by molar-refractivity contribution is 0.0602. The van der Waals surface area contributed by atoms with E-state index in [0.29, 0.717) is 28.2 Å². The van der Waals surface area contributed by atoms with Crippen LogP contribution in [0.25, 0.3) is 22.4 Å². The number of aromatic nitrogens is 3. The summed E-state index contributed by atoms with van der Waals surface area (Å²) < 4.78 is 9.88. The number of rotatable bonds is 5. The number of amides is 2. The summed E-state index contributed by atoms with van der Waals surface area (Å²) in [5.41, 5.74) is 2.65. The average molecular weight is 445 g/mol. The number of pyridine rings is 1. The van der Waals surface area contributed by atoms with Gasteiger partial charge in [-0.25, -0.2) is 24.5 Å². The van der Waals surface area contributed by atoms with Crippen LogP contribution in [0.2, 0.25) is 0 Å². The number of aromatic hydroxyl groups is 1. The monoisotopic (exact) mass is 445 g/mol. The van der Waals surface area contributed by atoms with Gasteiger partial charge in [-0.1, -0.05) is 12.1 Å². The van der Waals surface area contributed by atoms with Crippen molar-refractivity contribution >= 4 is 34.7 Å².